The van der Waals surface area contributed by atoms with Gasteiger partial charge in [-0.15, -0.1) is 6.58 Å². The highest BCUT2D eigenvalue weighted by Gasteiger charge is 2.14. The van der Waals surface area contributed by atoms with Gasteiger partial charge in [0, 0.05) is 16.6 Å². The summed E-state index contributed by atoms with van der Waals surface area (Å²) in [6.07, 6.45) is 3.47. The number of amides is 2. The maximum absolute atomic E-state index is 12.1. The number of hydrogen-bond acceptors (Lipinski definition) is 4. The van der Waals surface area contributed by atoms with Gasteiger partial charge in [-0.3, -0.25) is 9.59 Å². The van der Waals surface area contributed by atoms with E-state index in [0.717, 1.165) is 10.8 Å². The lowest BCUT2D eigenvalue weighted by atomic mass is 10.1. The maximum Gasteiger partial charge on any atom is 0.329 e. The number of anilines is 1. The molecule has 3 aromatic carbocycles. The first-order chi connectivity index (χ1) is 13.6. The van der Waals surface area contributed by atoms with Crippen LogP contribution in [-0.2, 0) is 16.0 Å². The summed E-state index contributed by atoms with van der Waals surface area (Å²) < 4.78 is 0. The third-order valence-corrected chi connectivity index (χ3v) is 4.13. The molecule has 6 heteroatoms. The Bertz CT molecular complexity index is 1070. The van der Waals surface area contributed by atoms with E-state index in [1.807, 2.05) is 30.3 Å². The number of nitrogens with zero attached hydrogens (tertiary/aromatic N) is 1. The molecule has 3 aromatic rings. The first-order valence-corrected chi connectivity index (χ1v) is 8.64. The van der Waals surface area contributed by atoms with Crippen LogP contribution in [0.3, 0.4) is 0 Å². The predicted molar refractivity (Wildman–Crippen MR) is 110 cm³/mol. The minimum Gasteiger partial charge on any atom is -0.507 e. The number of carbonyl (C=O) groups is 2. The molecule has 28 heavy (non-hydrogen) atoms. The molecule has 0 spiro atoms. The van der Waals surface area contributed by atoms with Crippen LogP contribution in [0.5, 0.6) is 5.75 Å². The monoisotopic (exact) mass is 373 g/mol. The second kappa shape index (κ2) is 8.64. The third-order valence-electron chi connectivity index (χ3n) is 4.13. The summed E-state index contributed by atoms with van der Waals surface area (Å²) in [5, 5.41) is 18.3. The zero-order valence-corrected chi connectivity index (χ0v) is 15.1. The lowest BCUT2D eigenvalue weighted by Gasteiger charge is -2.08. The van der Waals surface area contributed by atoms with Crippen molar-refractivity contribution in [1.29, 1.82) is 0 Å². The van der Waals surface area contributed by atoms with E-state index < -0.39 is 11.8 Å². The molecular weight excluding hydrogens is 354 g/mol. The van der Waals surface area contributed by atoms with Gasteiger partial charge in [0.1, 0.15) is 5.75 Å². The smallest absolute Gasteiger partial charge is 0.329 e. The summed E-state index contributed by atoms with van der Waals surface area (Å²) in [5.41, 5.74) is 3.82. The second-order valence-electron chi connectivity index (χ2n) is 6.03. The summed E-state index contributed by atoms with van der Waals surface area (Å²) in [5.74, 6) is -1.69. The Morgan fingerprint density at radius 1 is 1.00 bits per heavy atom. The van der Waals surface area contributed by atoms with Crippen molar-refractivity contribution in [3.05, 3.63) is 84.4 Å². The molecule has 3 rings (SSSR count). The first kappa shape index (κ1) is 18.8. The molecular formula is C22H19N3O3. The first-order valence-electron chi connectivity index (χ1n) is 8.64. The fraction of sp³-hybridized carbons (Fsp3) is 0.0455. The molecule has 0 aliphatic rings. The van der Waals surface area contributed by atoms with E-state index >= 15 is 0 Å². The number of aromatic hydroxyl groups is 1. The second-order valence-corrected chi connectivity index (χ2v) is 6.03. The molecule has 6 nitrogen and oxygen atoms in total. The van der Waals surface area contributed by atoms with Crippen molar-refractivity contribution in [2.24, 2.45) is 5.10 Å². The van der Waals surface area contributed by atoms with Gasteiger partial charge in [-0.05, 0) is 29.5 Å². The van der Waals surface area contributed by atoms with Gasteiger partial charge in [0.15, 0.2) is 0 Å². The number of benzene rings is 3. The Labute approximate surface area is 162 Å². The Hall–Kier alpha value is -3.93. The highest BCUT2D eigenvalue weighted by molar-refractivity contribution is 6.40. The highest BCUT2D eigenvalue weighted by atomic mass is 16.3. The standard InChI is InChI=1S/C22H19N3O3/c1-2-7-16-10-5-11-17(20(16)26)14-23-25-22(28)21(27)24-19-13-6-9-15-8-3-4-12-18(15)19/h2-6,8-14,26H,1,7H2,(H,24,27)(H,25,28)/b23-14-. The number of phenolic OH excluding ortho intramolecular Hbond substituents is 1. The zero-order valence-electron chi connectivity index (χ0n) is 15.1. The highest BCUT2D eigenvalue weighted by Crippen LogP contribution is 2.23. The fourth-order valence-electron chi connectivity index (χ4n) is 2.76. The van der Waals surface area contributed by atoms with Crippen LogP contribution in [0.25, 0.3) is 10.8 Å². The van der Waals surface area contributed by atoms with Gasteiger partial charge >= 0.3 is 11.8 Å². The molecule has 140 valence electrons. The SMILES string of the molecule is C=CCc1cccc(/C=N\NC(=O)C(=O)Nc2cccc3ccccc23)c1O. The van der Waals surface area contributed by atoms with Crippen molar-refractivity contribution < 1.29 is 14.7 Å². The molecule has 0 unspecified atom stereocenters. The summed E-state index contributed by atoms with van der Waals surface area (Å²) >= 11 is 0. The number of hydrogen-bond donors (Lipinski definition) is 3. The molecule has 0 fully saturated rings. The third kappa shape index (κ3) is 4.24. The number of phenols is 1. The largest absolute Gasteiger partial charge is 0.507 e. The predicted octanol–water partition coefficient (Wildman–Crippen LogP) is 3.36. The van der Waals surface area contributed by atoms with Crippen molar-refractivity contribution in [1.82, 2.24) is 5.43 Å². The van der Waals surface area contributed by atoms with Crippen molar-refractivity contribution in [2.75, 3.05) is 5.32 Å². The average Bonchev–Trinajstić information content (AvgIpc) is 2.71. The molecule has 2 amide bonds. The molecule has 0 aliphatic carbocycles. The number of nitrogens with one attached hydrogen (secondary N) is 2. The van der Waals surface area contributed by atoms with Crippen LogP contribution in [0.4, 0.5) is 5.69 Å². The van der Waals surface area contributed by atoms with Crippen LogP contribution >= 0.6 is 0 Å². The molecule has 0 saturated heterocycles. The van der Waals surface area contributed by atoms with E-state index in [1.54, 1.807) is 36.4 Å². The fourth-order valence-corrected chi connectivity index (χ4v) is 2.76. The average molecular weight is 373 g/mol. The van der Waals surface area contributed by atoms with Crippen LogP contribution in [0.2, 0.25) is 0 Å². The van der Waals surface area contributed by atoms with Gasteiger partial charge in [0.05, 0.1) is 6.21 Å². The van der Waals surface area contributed by atoms with Gasteiger partial charge in [-0.25, -0.2) is 5.43 Å². The van der Waals surface area contributed by atoms with Crippen molar-refractivity contribution in [3.63, 3.8) is 0 Å². The van der Waals surface area contributed by atoms with Gasteiger partial charge in [-0.1, -0.05) is 54.6 Å². The molecule has 0 saturated carbocycles. The molecule has 0 aliphatic heterocycles. The number of carbonyl (C=O) groups excluding carboxylic acids is 2. The normalized spacial score (nSPS) is 10.7. The number of rotatable bonds is 5. The van der Waals surface area contributed by atoms with Crippen molar-refractivity contribution in [3.8, 4) is 5.75 Å². The maximum atomic E-state index is 12.1. The minimum absolute atomic E-state index is 0.0561. The van der Waals surface area contributed by atoms with Crippen LogP contribution < -0.4 is 10.7 Å². The topological polar surface area (TPSA) is 90.8 Å². The van der Waals surface area contributed by atoms with E-state index in [4.69, 9.17) is 0 Å². The molecule has 0 bridgehead atoms. The Kier molecular flexibility index (Phi) is 5.81. The van der Waals surface area contributed by atoms with E-state index in [9.17, 15) is 14.7 Å². The van der Waals surface area contributed by atoms with Crippen LogP contribution in [-0.4, -0.2) is 23.1 Å². The minimum atomic E-state index is -0.911. The molecule has 3 N–H and O–H groups in total. The summed E-state index contributed by atoms with van der Waals surface area (Å²) in [6, 6.07) is 18.1. The lowest BCUT2D eigenvalue weighted by Crippen LogP contribution is -2.32. The number of allylic oxidation sites excluding steroid dienone is 1. The number of hydrazone groups is 1. The van der Waals surface area contributed by atoms with E-state index in [2.05, 4.69) is 22.4 Å². The number of fused-ring (bicyclic) bond motifs is 1. The van der Waals surface area contributed by atoms with Crippen LogP contribution in [0.1, 0.15) is 11.1 Å². The molecule has 0 radical (unpaired) electrons. The Morgan fingerprint density at radius 2 is 1.75 bits per heavy atom. The summed E-state index contributed by atoms with van der Waals surface area (Å²) in [4.78, 5) is 24.2. The van der Waals surface area contributed by atoms with Gasteiger partial charge in [0.25, 0.3) is 0 Å². The van der Waals surface area contributed by atoms with Gasteiger partial charge in [-0.2, -0.15) is 5.10 Å². The lowest BCUT2D eigenvalue weighted by molar-refractivity contribution is -0.136. The summed E-state index contributed by atoms with van der Waals surface area (Å²) in [6.45, 7) is 3.64. The quantitative estimate of drug-likeness (QED) is 0.277. The van der Waals surface area contributed by atoms with Crippen molar-refractivity contribution >= 4 is 34.5 Å². The Morgan fingerprint density at radius 3 is 2.57 bits per heavy atom. The molecule has 0 aromatic heterocycles. The molecule has 0 heterocycles. The number of para-hydroxylation sites is 1. The van der Waals surface area contributed by atoms with Gasteiger partial charge in [0.2, 0.25) is 0 Å². The van der Waals surface area contributed by atoms with Gasteiger partial charge < -0.3 is 10.4 Å². The van der Waals surface area contributed by atoms with E-state index in [-0.39, 0.29) is 5.75 Å². The van der Waals surface area contributed by atoms with Crippen LogP contribution in [0, 0.1) is 0 Å². The van der Waals surface area contributed by atoms with E-state index in [0.29, 0.717) is 23.2 Å². The molecule has 0 atom stereocenters. The zero-order chi connectivity index (χ0) is 19.9. The summed E-state index contributed by atoms with van der Waals surface area (Å²) in [7, 11) is 0. The van der Waals surface area contributed by atoms with E-state index in [1.165, 1.54) is 6.21 Å². The van der Waals surface area contributed by atoms with Crippen molar-refractivity contribution in [2.45, 2.75) is 6.42 Å². The Balaban J connectivity index is 1.66. The van der Waals surface area contributed by atoms with Crippen LogP contribution in [0.15, 0.2) is 78.4 Å².